The van der Waals surface area contributed by atoms with E-state index in [2.05, 4.69) is 15.4 Å². The van der Waals surface area contributed by atoms with Gasteiger partial charge in [0.25, 0.3) is 11.6 Å². The number of nitro groups is 1. The number of fused-ring (bicyclic) bond motifs is 1. The van der Waals surface area contributed by atoms with Crippen molar-refractivity contribution in [3.63, 3.8) is 0 Å². The number of nitrogens with one attached hydrogen (secondary N) is 1. The molecule has 0 aliphatic heterocycles. The van der Waals surface area contributed by atoms with Gasteiger partial charge in [-0.2, -0.15) is 5.10 Å². The Hall–Kier alpha value is -3.37. The number of non-ortho nitro benzene ring substituents is 1. The Morgan fingerprint density at radius 1 is 1.35 bits per heavy atom. The van der Waals surface area contributed by atoms with Gasteiger partial charge >= 0.3 is 0 Å². The van der Waals surface area contributed by atoms with Crippen LogP contribution in [0.4, 0.5) is 5.69 Å². The molecule has 3 rings (SSSR count). The van der Waals surface area contributed by atoms with Crippen molar-refractivity contribution in [1.29, 1.82) is 0 Å². The summed E-state index contributed by atoms with van der Waals surface area (Å²) in [6.45, 7) is -0.531. The van der Waals surface area contributed by atoms with Gasteiger partial charge in [-0.15, -0.1) is 0 Å². The van der Waals surface area contributed by atoms with E-state index >= 15 is 0 Å². The van der Waals surface area contributed by atoms with Gasteiger partial charge in [0.2, 0.25) is 0 Å². The van der Waals surface area contributed by atoms with Crippen LogP contribution in [0.1, 0.15) is 22.0 Å². The first kappa shape index (κ1) is 17.5. The molecule has 0 fully saturated rings. The Balaban J connectivity index is 1.77. The van der Waals surface area contributed by atoms with Crippen LogP contribution in [-0.4, -0.2) is 48.3 Å². The molecule has 1 aromatic carbocycles. The highest BCUT2D eigenvalue weighted by molar-refractivity contribution is 5.99. The van der Waals surface area contributed by atoms with Gasteiger partial charge in [0.15, 0.2) is 5.65 Å². The lowest BCUT2D eigenvalue weighted by Gasteiger charge is -2.22. The summed E-state index contributed by atoms with van der Waals surface area (Å²) in [5.74, 6) is -0.557. The predicted molar refractivity (Wildman–Crippen MR) is 89.4 cm³/mol. The van der Waals surface area contributed by atoms with E-state index in [0.717, 1.165) is 0 Å². The third kappa shape index (κ3) is 3.36. The fourth-order valence-corrected chi connectivity index (χ4v) is 2.48. The molecule has 10 heteroatoms. The zero-order valence-electron chi connectivity index (χ0n) is 13.4. The first-order valence-electron chi connectivity index (χ1n) is 7.63. The number of carbonyl (C=O) groups is 1. The number of nitro benzene ring substituents is 1. The van der Waals surface area contributed by atoms with Gasteiger partial charge < -0.3 is 15.5 Å². The number of amides is 1. The van der Waals surface area contributed by atoms with Crippen LogP contribution in [0.5, 0.6) is 0 Å². The maximum absolute atomic E-state index is 12.5. The van der Waals surface area contributed by atoms with Gasteiger partial charge in [-0.1, -0.05) is 0 Å². The molecule has 3 N–H and O–H groups in total. The van der Waals surface area contributed by atoms with Gasteiger partial charge in [0, 0.05) is 24.5 Å². The van der Waals surface area contributed by atoms with Crippen molar-refractivity contribution in [2.75, 3.05) is 6.61 Å². The highest BCUT2D eigenvalue weighted by Gasteiger charge is 2.25. The van der Waals surface area contributed by atoms with Gasteiger partial charge in [-0.05, 0) is 23.8 Å². The molecular formula is C16H15N5O5. The van der Waals surface area contributed by atoms with Gasteiger partial charge in [-0.25, -0.2) is 9.50 Å². The zero-order chi connectivity index (χ0) is 18.7. The van der Waals surface area contributed by atoms with E-state index < -0.39 is 29.6 Å². The van der Waals surface area contributed by atoms with E-state index in [0.29, 0.717) is 11.2 Å². The minimum Gasteiger partial charge on any atom is -0.394 e. The lowest BCUT2D eigenvalue weighted by Crippen LogP contribution is -2.42. The number of hydrogen-bond acceptors (Lipinski definition) is 7. The SMILES string of the molecule is O=C(NC(CO)C(O)c1ccc([N+](=O)[O-])cc1)c1cnn2cccnc12. The van der Waals surface area contributed by atoms with Crippen molar-refractivity contribution in [2.45, 2.75) is 12.1 Å². The normalized spacial score (nSPS) is 13.3. The number of rotatable bonds is 6. The Morgan fingerprint density at radius 2 is 2.08 bits per heavy atom. The minimum atomic E-state index is -1.25. The van der Waals surface area contributed by atoms with E-state index in [4.69, 9.17) is 0 Å². The molecule has 10 nitrogen and oxygen atoms in total. The molecule has 3 aromatic rings. The summed E-state index contributed by atoms with van der Waals surface area (Å²) in [6, 6.07) is 5.87. The first-order chi connectivity index (χ1) is 12.5. The summed E-state index contributed by atoms with van der Waals surface area (Å²) in [5, 5.41) is 37.2. The number of nitrogens with zero attached hydrogens (tertiary/aromatic N) is 4. The van der Waals surface area contributed by atoms with Crippen LogP contribution >= 0.6 is 0 Å². The van der Waals surface area contributed by atoms with Crippen molar-refractivity contribution in [3.05, 3.63) is 70.2 Å². The van der Waals surface area contributed by atoms with Gasteiger partial charge in [0.05, 0.1) is 23.8 Å². The number of hydrogen-bond donors (Lipinski definition) is 3. The average molecular weight is 357 g/mol. The van der Waals surface area contributed by atoms with Crippen LogP contribution in [0, 0.1) is 10.1 Å². The van der Waals surface area contributed by atoms with Crippen LogP contribution in [0.25, 0.3) is 5.65 Å². The van der Waals surface area contributed by atoms with E-state index in [1.54, 1.807) is 12.3 Å². The molecule has 26 heavy (non-hydrogen) atoms. The Kier molecular flexibility index (Phi) is 4.87. The Morgan fingerprint density at radius 3 is 2.73 bits per heavy atom. The second kappa shape index (κ2) is 7.25. The molecule has 2 unspecified atom stereocenters. The van der Waals surface area contributed by atoms with Crippen molar-refractivity contribution >= 4 is 17.2 Å². The average Bonchev–Trinajstić information content (AvgIpc) is 3.09. The second-order valence-electron chi connectivity index (χ2n) is 5.50. The molecule has 1 amide bonds. The highest BCUT2D eigenvalue weighted by atomic mass is 16.6. The first-order valence-corrected chi connectivity index (χ1v) is 7.63. The van der Waals surface area contributed by atoms with Gasteiger partial charge in [0.1, 0.15) is 11.7 Å². The molecular weight excluding hydrogens is 342 g/mol. The maximum Gasteiger partial charge on any atom is 0.269 e. The summed E-state index contributed by atoms with van der Waals surface area (Å²) < 4.78 is 1.43. The van der Waals surface area contributed by atoms with E-state index in [9.17, 15) is 25.1 Å². The molecule has 2 aromatic heterocycles. The molecule has 0 aliphatic carbocycles. The molecule has 0 aliphatic rings. The van der Waals surface area contributed by atoms with Crippen molar-refractivity contribution < 1.29 is 19.9 Å². The topological polar surface area (TPSA) is 143 Å². The van der Waals surface area contributed by atoms with E-state index in [-0.39, 0.29) is 11.3 Å². The summed E-state index contributed by atoms with van der Waals surface area (Å²) in [5.41, 5.74) is 0.738. The van der Waals surface area contributed by atoms with Crippen LogP contribution in [0.3, 0.4) is 0 Å². The molecule has 0 saturated heterocycles. The summed E-state index contributed by atoms with van der Waals surface area (Å²) in [7, 11) is 0. The third-order valence-corrected chi connectivity index (χ3v) is 3.86. The Bertz CT molecular complexity index is 940. The lowest BCUT2D eigenvalue weighted by atomic mass is 10.0. The van der Waals surface area contributed by atoms with Crippen molar-refractivity contribution in [3.8, 4) is 0 Å². The molecule has 0 saturated carbocycles. The van der Waals surface area contributed by atoms with Crippen molar-refractivity contribution in [1.82, 2.24) is 19.9 Å². The molecule has 0 spiro atoms. The summed E-state index contributed by atoms with van der Waals surface area (Å²) in [6.07, 6.45) is 3.24. The maximum atomic E-state index is 12.5. The number of aromatic nitrogens is 3. The predicted octanol–water partition coefficient (Wildman–Crippen LogP) is 0.462. The summed E-state index contributed by atoms with van der Waals surface area (Å²) in [4.78, 5) is 26.7. The van der Waals surface area contributed by atoms with Gasteiger partial charge in [-0.3, -0.25) is 14.9 Å². The number of benzene rings is 1. The lowest BCUT2D eigenvalue weighted by molar-refractivity contribution is -0.384. The quantitative estimate of drug-likeness (QED) is 0.429. The molecule has 2 heterocycles. The van der Waals surface area contributed by atoms with E-state index in [1.165, 1.54) is 41.2 Å². The fourth-order valence-electron chi connectivity index (χ4n) is 2.48. The van der Waals surface area contributed by atoms with E-state index in [1.807, 2.05) is 0 Å². The standard InChI is InChI=1S/C16H15N5O5/c22-9-13(14(23)10-2-4-11(5-3-10)21(25)26)19-16(24)12-8-18-20-7-1-6-17-15(12)20/h1-8,13-14,22-23H,9H2,(H,19,24). The Labute approximate surface area is 146 Å². The third-order valence-electron chi connectivity index (χ3n) is 3.86. The monoisotopic (exact) mass is 357 g/mol. The second-order valence-corrected chi connectivity index (χ2v) is 5.50. The fraction of sp³-hybridized carbons (Fsp3) is 0.188. The highest BCUT2D eigenvalue weighted by Crippen LogP contribution is 2.21. The molecule has 0 bridgehead atoms. The van der Waals surface area contributed by atoms with Crippen LogP contribution in [-0.2, 0) is 0 Å². The minimum absolute atomic E-state index is 0.122. The van der Waals surface area contributed by atoms with Crippen LogP contribution in [0.15, 0.2) is 48.9 Å². The molecule has 2 atom stereocenters. The largest absolute Gasteiger partial charge is 0.394 e. The van der Waals surface area contributed by atoms with Crippen LogP contribution < -0.4 is 5.32 Å². The molecule has 134 valence electrons. The summed E-state index contributed by atoms with van der Waals surface area (Å²) >= 11 is 0. The van der Waals surface area contributed by atoms with Crippen LogP contribution in [0.2, 0.25) is 0 Å². The number of aliphatic hydroxyl groups excluding tert-OH is 2. The number of aliphatic hydroxyl groups is 2. The van der Waals surface area contributed by atoms with Crippen molar-refractivity contribution in [2.24, 2.45) is 0 Å². The number of carbonyl (C=O) groups excluding carboxylic acids is 1. The smallest absolute Gasteiger partial charge is 0.269 e. The molecule has 0 radical (unpaired) electrons. The zero-order valence-corrected chi connectivity index (χ0v) is 13.4.